The summed E-state index contributed by atoms with van der Waals surface area (Å²) in [5.74, 6) is 1.70. The van der Waals surface area contributed by atoms with E-state index in [0.717, 1.165) is 5.75 Å². The second kappa shape index (κ2) is 24.5. The second-order valence-electron chi connectivity index (χ2n) is 9.49. The Balaban J connectivity index is 0.000000862. The van der Waals surface area contributed by atoms with Crippen molar-refractivity contribution >= 4 is 58.6 Å². The summed E-state index contributed by atoms with van der Waals surface area (Å²) in [6.45, 7) is 9.30. The third-order valence-corrected chi connectivity index (χ3v) is 5.62. The van der Waals surface area contributed by atoms with Gasteiger partial charge in [0.2, 0.25) is 23.8 Å². The van der Waals surface area contributed by atoms with E-state index in [1.54, 1.807) is 30.3 Å². The zero-order valence-corrected chi connectivity index (χ0v) is 28.1. The van der Waals surface area contributed by atoms with Crippen LogP contribution in [-0.2, 0) is 9.68 Å². The Morgan fingerprint density at radius 3 is 1.52 bits per heavy atom. The normalized spacial score (nSPS) is 12.3. The summed E-state index contributed by atoms with van der Waals surface area (Å²) >= 11 is 17.5. The minimum atomic E-state index is 0. The van der Waals surface area contributed by atoms with Crippen molar-refractivity contribution in [3.8, 4) is 11.5 Å². The first-order valence-electron chi connectivity index (χ1n) is 13.9. The Morgan fingerprint density at radius 2 is 1.09 bits per heavy atom. The summed E-state index contributed by atoms with van der Waals surface area (Å²) in [4.78, 5) is 26.0. The van der Waals surface area contributed by atoms with E-state index in [2.05, 4.69) is 30.9 Å². The number of hydroxylamine groups is 2. The van der Waals surface area contributed by atoms with Gasteiger partial charge in [-0.3, -0.25) is 9.68 Å². The Labute approximate surface area is 286 Å². The quantitative estimate of drug-likeness (QED) is 0.0694. The minimum Gasteiger partial charge on any atom is -0.494 e. The molecule has 0 aliphatic carbocycles. The van der Waals surface area contributed by atoms with E-state index in [9.17, 15) is 0 Å². The molecule has 2 aromatic carbocycles. The number of hydrogen-bond acceptors (Lipinski definition) is 6. The summed E-state index contributed by atoms with van der Waals surface area (Å²) in [5.41, 5.74) is 27.2. The molecule has 0 radical (unpaired) electrons. The number of halogens is 3. The number of benzene rings is 2. The first-order chi connectivity index (χ1) is 21.3. The Morgan fingerprint density at radius 1 is 0.652 bits per heavy atom. The van der Waals surface area contributed by atoms with Crippen LogP contribution < -0.4 is 43.4 Å². The van der Waals surface area contributed by atoms with Crippen molar-refractivity contribution in [2.45, 2.75) is 60.0 Å². The predicted octanol–water partition coefficient (Wildman–Crippen LogP) is 4.63. The smallest absolute Gasteiger partial charge is 0.221 e. The van der Waals surface area contributed by atoms with Crippen molar-refractivity contribution in [1.29, 1.82) is 0 Å². The summed E-state index contributed by atoms with van der Waals surface area (Å²) < 4.78 is 11.0. The molecular formula is C29H47Cl3N10O4. The molecule has 258 valence electrons. The van der Waals surface area contributed by atoms with E-state index in [-0.39, 0.29) is 43.3 Å². The molecule has 2 rings (SSSR count). The molecule has 10 N–H and O–H groups in total. The van der Waals surface area contributed by atoms with E-state index in [0.29, 0.717) is 60.1 Å². The van der Waals surface area contributed by atoms with Crippen LogP contribution in [0, 0.1) is 0 Å². The summed E-state index contributed by atoms with van der Waals surface area (Å²) in [7, 11) is 0. The van der Waals surface area contributed by atoms with Crippen LogP contribution in [0.25, 0.3) is 0 Å². The lowest BCUT2D eigenvalue weighted by molar-refractivity contribution is 0.0738. The van der Waals surface area contributed by atoms with Gasteiger partial charge in [0.1, 0.15) is 11.5 Å². The summed E-state index contributed by atoms with van der Waals surface area (Å²) in [5, 5.41) is 1.61. The highest BCUT2D eigenvalue weighted by Gasteiger charge is 2.01. The molecule has 0 saturated heterocycles. The van der Waals surface area contributed by atoms with Crippen molar-refractivity contribution in [1.82, 2.24) is 11.0 Å². The zero-order valence-electron chi connectivity index (χ0n) is 25.8. The van der Waals surface area contributed by atoms with Gasteiger partial charge in [-0.25, -0.2) is 20.9 Å². The van der Waals surface area contributed by atoms with Crippen LogP contribution in [-0.4, -0.2) is 62.3 Å². The molecule has 0 fully saturated rings. The van der Waals surface area contributed by atoms with Gasteiger partial charge in [-0.15, -0.1) is 0 Å². The zero-order chi connectivity index (χ0) is 33.6. The number of guanidine groups is 4. The number of ether oxygens (including phenoxy) is 2. The Hall–Kier alpha value is -3.69. The lowest BCUT2D eigenvalue weighted by Gasteiger charge is -2.08. The fraction of sp³-hybridized carbons (Fsp3) is 0.448. The van der Waals surface area contributed by atoms with Gasteiger partial charge < -0.3 is 32.4 Å². The van der Waals surface area contributed by atoms with Crippen LogP contribution in [0.1, 0.15) is 48.0 Å². The molecule has 0 amide bonds. The van der Waals surface area contributed by atoms with Crippen molar-refractivity contribution in [3.05, 3.63) is 57.5 Å². The lowest BCUT2D eigenvalue weighted by atomic mass is 10.3. The summed E-state index contributed by atoms with van der Waals surface area (Å²) in [6.07, 6.45) is 1.31. The molecule has 0 atom stereocenters. The third-order valence-electron chi connectivity index (χ3n) is 4.63. The number of rotatable bonds is 14. The van der Waals surface area contributed by atoms with E-state index < -0.39 is 0 Å². The maximum atomic E-state index is 5.89. The Bertz CT molecular complexity index is 1260. The van der Waals surface area contributed by atoms with Crippen LogP contribution >= 0.6 is 34.8 Å². The number of nitrogens with two attached hydrogens (primary N) is 4. The Kier molecular flexibility index (Phi) is 22.6. The van der Waals surface area contributed by atoms with Crippen molar-refractivity contribution in [2.75, 3.05) is 26.4 Å². The van der Waals surface area contributed by atoms with Gasteiger partial charge in [-0.1, -0.05) is 42.2 Å². The second-order valence-corrected chi connectivity index (χ2v) is 10.7. The van der Waals surface area contributed by atoms with E-state index >= 15 is 0 Å². The first kappa shape index (κ1) is 42.3. The largest absolute Gasteiger partial charge is 0.494 e. The SMILES string of the molecule is C.CC(C)N=C(N)N=C(N)NOCCCOc1ccc(Cl)c(Cl)c1.CC(C)N=C(N)N=C(N)NOCCCOc1ccc(Cl)cc1. The van der Waals surface area contributed by atoms with E-state index in [1.807, 2.05) is 39.8 Å². The number of nitrogens with one attached hydrogen (secondary N) is 2. The van der Waals surface area contributed by atoms with Gasteiger partial charge in [0, 0.05) is 36.0 Å². The molecule has 14 nitrogen and oxygen atoms in total. The van der Waals surface area contributed by atoms with Crippen LogP contribution in [0.2, 0.25) is 15.1 Å². The van der Waals surface area contributed by atoms with Gasteiger partial charge in [0.15, 0.2) is 0 Å². The number of aliphatic imine (C=N–C) groups is 4. The fourth-order valence-electron chi connectivity index (χ4n) is 2.87. The standard InChI is InChI=1S/C14H21Cl2N5O2.C14H22ClN5O2.CH4/c1-9(2)19-13(17)20-14(18)21-23-7-3-6-22-10-4-5-11(15)12(16)8-10;1-10(2)18-13(16)19-14(17)20-22-9-3-8-21-12-6-4-11(15)5-7-12;/h4-5,8-9H,3,6-7H2,1-2H3,(H5,17,18,19,20,21);4-7,10H,3,8-9H2,1-2H3,(H5,16,17,18,19,20);1H4. The molecular weight excluding hydrogens is 659 g/mol. The maximum absolute atomic E-state index is 5.89. The molecule has 0 aliphatic heterocycles. The number of hydrogen-bond donors (Lipinski definition) is 6. The molecule has 0 saturated carbocycles. The fourth-order valence-corrected chi connectivity index (χ4v) is 3.28. The maximum Gasteiger partial charge on any atom is 0.221 e. The van der Waals surface area contributed by atoms with Crippen molar-refractivity contribution in [2.24, 2.45) is 42.9 Å². The van der Waals surface area contributed by atoms with Crippen molar-refractivity contribution in [3.63, 3.8) is 0 Å². The topological polar surface area (TPSA) is 214 Å². The molecule has 46 heavy (non-hydrogen) atoms. The van der Waals surface area contributed by atoms with Gasteiger partial charge in [0.25, 0.3) is 0 Å². The highest BCUT2D eigenvalue weighted by molar-refractivity contribution is 6.42. The summed E-state index contributed by atoms with van der Waals surface area (Å²) in [6, 6.07) is 12.3. The highest BCUT2D eigenvalue weighted by atomic mass is 35.5. The average Bonchev–Trinajstić information content (AvgIpc) is 2.94. The molecule has 0 unspecified atom stereocenters. The van der Waals surface area contributed by atoms with Gasteiger partial charge in [-0.05, 0) is 64.1 Å². The van der Waals surface area contributed by atoms with Crippen LogP contribution in [0.4, 0.5) is 0 Å². The molecule has 17 heteroatoms. The predicted molar refractivity (Wildman–Crippen MR) is 190 cm³/mol. The van der Waals surface area contributed by atoms with Gasteiger partial charge >= 0.3 is 0 Å². The minimum absolute atomic E-state index is 0. The molecule has 2 aromatic rings. The highest BCUT2D eigenvalue weighted by Crippen LogP contribution is 2.26. The van der Waals surface area contributed by atoms with Crippen LogP contribution in [0.15, 0.2) is 62.4 Å². The van der Waals surface area contributed by atoms with Crippen LogP contribution in [0.5, 0.6) is 11.5 Å². The molecule has 0 aliphatic rings. The monoisotopic (exact) mass is 704 g/mol. The molecule has 0 aromatic heterocycles. The van der Waals surface area contributed by atoms with Gasteiger partial charge in [-0.2, -0.15) is 9.98 Å². The first-order valence-corrected chi connectivity index (χ1v) is 15.1. The molecule has 0 heterocycles. The average molecular weight is 706 g/mol. The molecule has 0 bridgehead atoms. The van der Waals surface area contributed by atoms with Crippen LogP contribution in [0.3, 0.4) is 0 Å². The number of nitrogens with zero attached hydrogens (tertiary/aromatic N) is 4. The molecule has 0 spiro atoms. The third kappa shape index (κ3) is 21.9. The van der Waals surface area contributed by atoms with E-state index in [1.165, 1.54) is 0 Å². The lowest BCUT2D eigenvalue weighted by Crippen LogP contribution is -2.34. The van der Waals surface area contributed by atoms with Gasteiger partial charge in [0.05, 0.1) is 36.5 Å². The van der Waals surface area contributed by atoms with Crippen molar-refractivity contribution < 1.29 is 19.1 Å². The van der Waals surface area contributed by atoms with E-state index in [4.69, 9.17) is 76.9 Å².